The number of fused-ring (bicyclic) bond motifs is 1. The summed E-state index contributed by atoms with van der Waals surface area (Å²) in [5, 5.41) is 13.1. The second kappa shape index (κ2) is 7.59. The van der Waals surface area contributed by atoms with Crippen LogP contribution in [0.3, 0.4) is 0 Å². The van der Waals surface area contributed by atoms with Crippen LogP contribution in [0.25, 0.3) is 0 Å². The lowest BCUT2D eigenvalue weighted by atomic mass is 10.00. The number of aromatic nitrogens is 4. The van der Waals surface area contributed by atoms with Crippen LogP contribution in [0.2, 0.25) is 0 Å². The lowest BCUT2D eigenvalue weighted by molar-refractivity contribution is 0.138. The predicted octanol–water partition coefficient (Wildman–Crippen LogP) is 4.43. The van der Waals surface area contributed by atoms with Gasteiger partial charge in [-0.1, -0.05) is 23.5 Å². The van der Waals surface area contributed by atoms with E-state index in [1.165, 1.54) is 28.9 Å². The first kappa shape index (κ1) is 19.4. The molecular weight excluding hydrogens is 396 g/mol. The molecule has 0 saturated carbocycles. The van der Waals surface area contributed by atoms with Gasteiger partial charge in [-0.25, -0.2) is 4.98 Å². The zero-order chi connectivity index (χ0) is 20.7. The Hall–Kier alpha value is -2.58. The first-order valence-corrected chi connectivity index (χ1v) is 11.2. The molecule has 2 aliphatic rings. The summed E-state index contributed by atoms with van der Waals surface area (Å²) in [5.41, 5.74) is 3.54. The summed E-state index contributed by atoms with van der Waals surface area (Å²) in [6.07, 6.45) is 6.85. The van der Waals surface area contributed by atoms with Gasteiger partial charge in [0.1, 0.15) is 16.4 Å². The molecule has 0 aliphatic carbocycles. The van der Waals surface area contributed by atoms with E-state index in [0.29, 0.717) is 5.82 Å². The number of likely N-dealkylation sites (tertiary alicyclic amines) is 1. The van der Waals surface area contributed by atoms with Gasteiger partial charge in [0.15, 0.2) is 5.82 Å². The summed E-state index contributed by atoms with van der Waals surface area (Å²) < 4.78 is 6.03. The molecule has 0 spiro atoms. The molecule has 1 atom stereocenters. The van der Waals surface area contributed by atoms with Gasteiger partial charge in [-0.05, 0) is 57.4 Å². The molecule has 1 aromatic carbocycles. The lowest BCUT2D eigenvalue weighted by Gasteiger charge is -2.24. The van der Waals surface area contributed by atoms with E-state index in [9.17, 15) is 0 Å². The number of aryl methyl sites for hydroxylation is 1. The van der Waals surface area contributed by atoms with Crippen molar-refractivity contribution in [1.29, 1.82) is 0 Å². The topological polar surface area (TPSA) is 76.1 Å². The number of ether oxygens (including phenoxy) is 1. The Kier molecular flexibility index (Phi) is 4.91. The van der Waals surface area contributed by atoms with E-state index in [1.807, 2.05) is 13.1 Å². The summed E-state index contributed by atoms with van der Waals surface area (Å²) in [6.45, 7) is 8.21. The molecule has 3 aromatic rings. The highest BCUT2D eigenvalue weighted by molar-refractivity contribution is 7.15. The number of benzene rings is 1. The van der Waals surface area contributed by atoms with Crippen molar-refractivity contribution in [2.75, 3.05) is 11.9 Å². The Bertz CT molecular complexity index is 1070. The fourth-order valence-corrected chi connectivity index (χ4v) is 5.00. The minimum absolute atomic E-state index is 0.106. The fraction of sp³-hybridized carbons (Fsp3) is 0.455. The van der Waals surface area contributed by atoms with E-state index in [2.05, 4.69) is 57.4 Å². The summed E-state index contributed by atoms with van der Waals surface area (Å²) in [5.74, 6) is 1.74. The molecular formula is C22H26N6OS. The van der Waals surface area contributed by atoms with Gasteiger partial charge in [-0.15, -0.1) is 10.2 Å². The van der Waals surface area contributed by atoms with Crippen molar-refractivity contribution in [2.24, 2.45) is 0 Å². The maximum absolute atomic E-state index is 6.03. The van der Waals surface area contributed by atoms with Crippen molar-refractivity contribution in [3.05, 3.63) is 52.4 Å². The van der Waals surface area contributed by atoms with Crippen molar-refractivity contribution < 1.29 is 4.74 Å². The molecule has 4 heterocycles. The molecule has 0 bridgehead atoms. The average Bonchev–Trinajstić information content (AvgIpc) is 3.39. The van der Waals surface area contributed by atoms with Crippen LogP contribution >= 0.6 is 11.3 Å². The molecule has 8 heteroatoms. The summed E-state index contributed by atoms with van der Waals surface area (Å²) >= 11 is 1.51. The first-order chi connectivity index (χ1) is 14.4. The molecule has 156 valence electrons. The van der Waals surface area contributed by atoms with E-state index in [-0.39, 0.29) is 11.6 Å². The van der Waals surface area contributed by atoms with Crippen LogP contribution in [0.5, 0.6) is 5.75 Å². The van der Waals surface area contributed by atoms with Gasteiger partial charge in [-0.2, -0.15) is 0 Å². The monoisotopic (exact) mass is 422 g/mol. The molecule has 0 radical (unpaired) electrons. The number of hydrogen-bond donors (Lipinski definition) is 1. The molecule has 0 amide bonds. The Labute approximate surface area is 180 Å². The van der Waals surface area contributed by atoms with Gasteiger partial charge in [0.2, 0.25) is 5.13 Å². The minimum Gasteiger partial charge on any atom is -0.487 e. The maximum atomic E-state index is 6.03. The van der Waals surface area contributed by atoms with Crippen molar-refractivity contribution in [2.45, 2.75) is 58.2 Å². The fourth-order valence-electron chi connectivity index (χ4n) is 4.40. The van der Waals surface area contributed by atoms with E-state index in [0.717, 1.165) is 47.5 Å². The molecule has 2 aromatic heterocycles. The number of nitrogens with zero attached hydrogens (tertiary/aromatic N) is 5. The lowest BCUT2D eigenvalue weighted by Crippen LogP contribution is -2.24. The smallest absolute Gasteiger partial charge is 0.211 e. The van der Waals surface area contributed by atoms with Gasteiger partial charge in [0, 0.05) is 13.0 Å². The number of rotatable bonds is 5. The zero-order valence-electron chi connectivity index (χ0n) is 17.6. The molecule has 0 unspecified atom stereocenters. The SMILES string of the molecule is Cc1nnc(Nc2cncc([C@@H]3CCCN3Cc3ccc4c(c3)CC(C)(C)O4)n2)s1. The van der Waals surface area contributed by atoms with Gasteiger partial charge in [-0.3, -0.25) is 9.88 Å². The quantitative estimate of drug-likeness (QED) is 0.652. The molecule has 1 fully saturated rings. The molecule has 1 N–H and O–H groups in total. The minimum atomic E-state index is -0.106. The van der Waals surface area contributed by atoms with E-state index < -0.39 is 0 Å². The van der Waals surface area contributed by atoms with Crippen LogP contribution in [0.1, 0.15) is 54.6 Å². The molecule has 1 saturated heterocycles. The predicted molar refractivity (Wildman–Crippen MR) is 117 cm³/mol. The van der Waals surface area contributed by atoms with Crippen molar-refractivity contribution in [3.8, 4) is 5.75 Å². The van der Waals surface area contributed by atoms with Crippen LogP contribution in [-0.2, 0) is 13.0 Å². The standard InChI is InChI=1S/C22H26N6OS/c1-14-26-27-21(30-14)25-20-12-23-11-17(24-20)18-5-4-8-28(18)13-15-6-7-19-16(9-15)10-22(2,3)29-19/h6-7,9,11-12,18H,4-5,8,10,13H2,1-3H3,(H,24,25,27)/t18-/m0/s1. The zero-order valence-corrected chi connectivity index (χ0v) is 18.4. The Morgan fingerprint density at radius 1 is 1.27 bits per heavy atom. The third-order valence-electron chi connectivity index (χ3n) is 5.63. The highest BCUT2D eigenvalue weighted by Gasteiger charge is 2.31. The first-order valence-electron chi connectivity index (χ1n) is 10.4. The van der Waals surface area contributed by atoms with Crippen molar-refractivity contribution in [1.82, 2.24) is 25.1 Å². The Morgan fingerprint density at radius 3 is 3.00 bits per heavy atom. The van der Waals surface area contributed by atoms with E-state index in [1.54, 1.807) is 6.20 Å². The van der Waals surface area contributed by atoms with E-state index in [4.69, 9.17) is 9.72 Å². The highest BCUT2D eigenvalue weighted by Crippen LogP contribution is 2.37. The number of anilines is 2. The van der Waals surface area contributed by atoms with Crippen LogP contribution in [0.15, 0.2) is 30.6 Å². The summed E-state index contributed by atoms with van der Waals surface area (Å²) in [7, 11) is 0. The van der Waals surface area contributed by atoms with Gasteiger partial charge in [0.05, 0.1) is 24.1 Å². The normalized spacial score (nSPS) is 20.2. The molecule has 7 nitrogen and oxygen atoms in total. The van der Waals surface area contributed by atoms with Crippen LogP contribution in [0, 0.1) is 6.92 Å². The van der Waals surface area contributed by atoms with Crippen LogP contribution in [0.4, 0.5) is 10.9 Å². The third kappa shape index (κ3) is 4.02. The van der Waals surface area contributed by atoms with Gasteiger partial charge in [0.25, 0.3) is 0 Å². The van der Waals surface area contributed by atoms with Crippen LogP contribution < -0.4 is 10.1 Å². The summed E-state index contributed by atoms with van der Waals surface area (Å²) in [6, 6.07) is 6.90. The second-order valence-corrected chi connectivity index (χ2v) is 9.87. The molecule has 30 heavy (non-hydrogen) atoms. The van der Waals surface area contributed by atoms with Crippen molar-refractivity contribution in [3.63, 3.8) is 0 Å². The third-order valence-corrected chi connectivity index (χ3v) is 6.39. The number of nitrogens with one attached hydrogen (secondary N) is 1. The Balaban J connectivity index is 1.32. The summed E-state index contributed by atoms with van der Waals surface area (Å²) in [4.78, 5) is 11.8. The van der Waals surface area contributed by atoms with Crippen LogP contribution in [-0.4, -0.2) is 37.2 Å². The molecule has 5 rings (SSSR count). The average molecular weight is 423 g/mol. The highest BCUT2D eigenvalue weighted by atomic mass is 32.1. The largest absolute Gasteiger partial charge is 0.487 e. The van der Waals surface area contributed by atoms with E-state index >= 15 is 0 Å². The van der Waals surface area contributed by atoms with Crippen molar-refractivity contribution >= 4 is 22.3 Å². The maximum Gasteiger partial charge on any atom is 0.211 e. The van der Waals surface area contributed by atoms with Gasteiger partial charge >= 0.3 is 0 Å². The second-order valence-electron chi connectivity index (χ2n) is 8.69. The number of hydrogen-bond acceptors (Lipinski definition) is 8. The Morgan fingerprint density at radius 2 is 2.17 bits per heavy atom. The molecule has 2 aliphatic heterocycles. The van der Waals surface area contributed by atoms with Gasteiger partial charge < -0.3 is 10.1 Å².